The molecule has 0 nitrogen and oxygen atoms in total. The summed E-state index contributed by atoms with van der Waals surface area (Å²) in [6.45, 7) is 9.66. The summed E-state index contributed by atoms with van der Waals surface area (Å²) in [4.78, 5) is 0. The standard InChI is InChI=1S/C12H22/c1-5-10-6-7-12(10)9(4)11(12)8(2)3/h8-11H,5-7H2,1-4H3. The zero-order valence-electron chi connectivity index (χ0n) is 8.93. The molecular weight excluding hydrogens is 144 g/mol. The van der Waals surface area contributed by atoms with Crippen molar-refractivity contribution in [1.29, 1.82) is 0 Å². The van der Waals surface area contributed by atoms with Gasteiger partial charge in [0.2, 0.25) is 0 Å². The molecule has 0 bridgehead atoms. The smallest absolute Gasteiger partial charge is 0.0207 e. The first-order valence-corrected chi connectivity index (χ1v) is 5.64. The highest BCUT2D eigenvalue weighted by atomic mass is 14.7. The van der Waals surface area contributed by atoms with Crippen LogP contribution in [0.4, 0.5) is 0 Å². The van der Waals surface area contributed by atoms with Crippen LogP contribution in [0.15, 0.2) is 0 Å². The Kier molecular flexibility index (Phi) is 1.79. The van der Waals surface area contributed by atoms with Crippen LogP contribution in [0.3, 0.4) is 0 Å². The van der Waals surface area contributed by atoms with Crippen molar-refractivity contribution in [3.8, 4) is 0 Å². The molecule has 4 atom stereocenters. The van der Waals surface area contributed by atoms with Gasteiger partial charge in [-0.25, -0.2) is 0 Å². The summed E-state index contributed by atoms with van der Waals surface area (Å²) in [5.74, 6) is 4.11. The Bertz CT molecular complexity index is 180. The Morgan fingerprint density at radius 1 is 1.42 bits per heavy atom. The predicted octanol–water partition coefficient (Wildman–Crippen LogP) is 3.71. The van der Waals surface area contributed by atoms with E-state index in [-0.39, 0.29) is 0 Å². The van der Waals surface area contributed by atoms with Gasteiger partial charge in [0.25, 0.3) is 0 Å². The van der Waals surface area contributed by atoms with Gasteiger partial charge in [0.1, 0.15) is 0 Å². The second kappa shape index (κ2) is 2.49. The zero-order valence-corrected chi connectivity index (χ0v) is 8.93. The molecule has 0 aromatic carbocycles. The van der Waals surface area contributed by atoms with Crippen molar-refractivity contribution in [1.82, 2.24) is 0 Å². The summed E-state index contributed by atoms with van der Waals surface area (Å²) in [6, 6.07) is 0. The minimum absolute atomic E-state index is 0.836. The number of hydrogen-bond donors (Lipinski definition) is 0. The van der Waals surface area contributed by atoms with Crippen LogP contribution in [-0.4, -0.2) is 0 Å². The maximum atomic E-state index is 2.48. The largest absolute Gasteiger partial charge is 0.0651 e. The second-order valence-corrected chi connectivity index (χ2v) is 5.31. The first kappa shape index (κ1) is 8.59. The lowest BCUT2D eigenvalue weighted by atomic mass is 9.66. The van der Waals surface area contributed by atoms with E-state index in [1.54, 1.807) is 0 Å². The zero-order chi connectivity index (χ0) is 8.93. The fraction of sp³-hybridized carbons (Fsp3) is 1.00. The van der Waals surface area contributed by atoms with E-state index in [1.165, 1.54) is 19.3 Å². The fourth-order valence-electron chi connectivity index (χ4n) is 4.19. The third-order valence-electron chi connectivity index (χ3n) is 4.79. The molecular formula is C12H22. The number of rotatable bonds is 2. The molecule has 1 spiro atoms. The lowest BCUT2D eigenvalue weighted by molar-refractivity contribution is 0.103. The lowest BCUT2D eigenvalue weighted by Gasteiger charge is -2.39. The van der Waals surface area contributed by atoms with E-state index in [2.05, 4.69) is 27.7 Å². The van der Waals surface area contributed by atoms with Gasteiger partial charge in [-0.1, -0.05) is 34.1 Å². The van der Waals surface area contributed by atoms with E-state index in [0.29, 0.717) is 0 Å². The molecule has 12 heavy (non-hydrogen) atoms. The maximum Gasteiger partial charge on any atom is -0.0207 e. The monoisotopic (exact) mass is 166 g/mol. The summed E-state index contributed by atoms with van der Waals surface area (Å²) in [7, 11) is 0. The van der Waals surface area contributed by atoms with Crippen LogP contribution in [0.1, 0.15) is 47.0 Å². The molecule has 0 radical (unpaired) electrons. The van der Waals surface area contributed by atoms with Gasteiger partial charge in [0.15, 0.2) is 0 Å². The van der Waals surface area contributed by atoms with Crippen molar-refractivity contribution < 1.29 is 0 Å². The molecule has 70 valence electrons. The molecule has 0 aliphatic heterocycles. The Morgan fingerprint density at radius 2 is 2.08 bits per heavy atom. The fourth-order valence-corrected chi connectivity index (χ4v) is 4.19. The van der Waals surface area contributed by atoms with Crippen molar-refractivity contribution in [2.75, 3.05) is 0 Å². The highest BCUT2D eigenvalue weighted by Crippen LogP contribution is 2.75. The molecule has 2 fully saturated rings. The lowest BCUT2D eigenvalue weighted by Crippen LogP contribution is -2.30. The van der Waals surface area contributed by atoms with E-state index in [1.807, 2.05) is 0 Å². The van der Waals surface area contributed by atoms with Gasteiger partial charge in [-0.05, 0) is 41.9 Å². The van der Waals surface area contributed by atoms with E-state index in [0.717, 1.165) is 29.1 Å². The molecule has 2 rings (SSSR count). The molecule has 2 aliphatic rings. The van der Waals surface area contributed by atoms with Crippen molar-refractivity contribution in [2.45, 2.75) is 47.0 Å². The van der Waals surface area contributed by atoms with Crippen LogP contribution in [-0.2, 0) is 0 Å². The Labute approximate surface area is 76.7 Å². The van der Waals surface area contributed by atoms with Gasteiger partial charge in [-0.3, -0.25) is 0 Å². The van der Waals surface area contributed by atoms with Gasteiger partial charge in [-0.15, -0.1) is 0 Å². The first-order valence-electron chi connectivity index (χ1n) is 5.64. The SMILES string of the molecule is CCC1CCC12C(C)C2C(C)C. The second-order valence-electron chi connectivity index (χ2n) is 5.31. The molecule has 0 N–H and O–H groups in total. The quantitative estimate of drug-likeness (QED) is 0.586. The van der Waals surface area contributed by atoms with Crippen LogP contribution < -0.4 is 0 Å². The summed E-state index contributed by atoms with van der Waals surface area (Å²) in [5, 5.41) is 0. The molecule has 0 aromatic heterocycles. The topological polar surface area (TPSA) is 0 Å². The molecule has 0 saturated heterocycles. The molecule has 0 heteroatoms. The summed E-state index contributed by atoms with van der Waals surface area (Å²) in [5.41, 5.74) is 0.836. The third kappa shape index (κ3) is 0.791. The molecule has 0 heterocycles. The van der Waals surface area contributed by atoms with E-state index >= 15 is 0 Å². The van der Waals surface area contributed by atoms with Crippen LogP contribution >= 0.6 is 0 Å². The van der Waals surface area contributed by atoms with Crippen molar-refractivity contribution in [2.24, 2.45) is 29.1 Å². The average molecular weight is 166 g/mol. The normalized spacial score (nSPS) is 51.2. The molecule has 2 aliphatic carbocycles. The van der Waals surface area contributed by atoms with Crippen LogP contribution in [0, 0.1) is 29.1 Å². The van der Waals surface area contributed by atoms with E-state index in [4.69, 9.17) is 0 Å². The summed E-state index contributed by atoms with van der Waals surface area (Å²) < 4.78 is 0. The molecule has 0 amide bonds. The molecule has 4 unspecified atom stereocenters. The number of hydrogen-bond acceptors (Lipinski definition) is 0. The van der Waals surface area contributed by atoms with Gasteiger partial charge >= 0.3 is 0 Å². The summed E-state index contributed by atoms with van der Waals surface area (Å²) in [6.07, 6.45) is 4.48. The van der Waals surface area contributed by atoms with Gasteiger partial charge in [0, 0.05) is 0 Å². The van der Waals surface area contributed by atoms with Crippen LogP contribution in [0.5, 0.6) is 0 Å². The minimum atomic E-state index is 0.836. The molecule has 2 saturated carbocycles. The third-order valence-corrected chi connectivity index (χ3v) is 4.79. The maximum absolute atomic E-state index is 2.48. The Hall–Kier alpha value is 0. The predicted molar refractivity (Wildman–Crippen MR) is 52.9 cm³/mol. The Morgan fingerprint density at radius 3 is 2.33 bits per heavy atom. The van der Waals surface area contributed by atoms with Crippen LogP contribution in [0.2, 0.25) is 0 Å². The Balaban J connectivity index is 2.06. The summed E-state index contributed by atoms with van der Waals surface area (Å²) >= 11 is 0. The van der Waals surface area contributed by atoms with Gasteiger partial charge < -0.3 is 0 Å². The highest BCUT2D eigenvalue weighted by Gasteiger charge is 2.69. The van der Waals surface area contributed by atoms with Crippen molar-refractivity contribution >= 4 is 0 Å². The highest BCUT2D eigenvalue weighted by molar-refractivity contribution is 5.17. The minimum Gasteiger partial charge on any atom is -0.0651 e. The van der Waals surface area contributed by atoms with Gasteiger partial charge in [-0.2, -0.15) is 0 Å². The average Bonchev–Trinajstić information content (AvgIpc) is 2.57. The van der Waals surface area contributed by atoms with E-state index < -0.39 is 0 Å². The van der Waals surface area contributed by atoms with Gasteiger partial charge in [0.05, 0.1) is 0 Å². The van der Waals surface area contributed by atoms with E-state index in [9.17, 15) is 0 Å². The first-order chi connectivity index (χ1) is 5.64. The molecule has 0 aromatic rings. The van der Waals surface area contributed by atoms with Crippen LogP contribution in [0.25, 0.3) is 0 Å². The van der Waals surface area contributed by atoms with Crippen molar-refractivity contribution in [3.05, 3.63) is 0 Å². The van der Waals surface area contributed by atoms with Crippen molar-refractivity contribution in [3.63, 3.8) is 0 Å².